The zero-order valence-electron chi connectivity index (χ0n) is 13.8. The van der Waals surface area contributed by atoms with Crippen molar-refractivity contribution in [2.24, 2.45) is 5.73 Å². The van der Waals surface area contributed by atoms with Gasteiger partial charge in [0.05, 0.1) is 12.0 Å². The van der Waals surface area contributed by atoms with E-state index in [4.69, 9.17) is 17.3 Å². The number of hydrogen-bond donors (Lipinski definition) is 2. The van der Waals surface area contributed by atoms with Crippen LogP contribution in [0.2, 0.25) is 5.02 Å². The van der Waals surface area contributed by atoms with E-state index >= 15 is 0 Å². The average molecular weight is 464 g/mol. The Labute approximate surface area is 167 Å². The van der Waals surface area contributed by atoms with Gasteiger partial charge in [0.25, 0.3) is 0 Å². The van der Waals surface area contributed by atoms with Crippen LogP contribution in [0.5, 0.6) is 0 Å². The summed E-state index contributed by atoms with van der Waals surface area (Å²) in [5, 5.41) is 2.97. The van der Waals surface area contributed by atoms with Gasteiger partial charge in [-0.05, 0) is 41.5 Å². The number of amides is 2. The van der Waals surface area contributed by atoms with Gasteiger partial charge < -0.3 is 11.1 Å². The summed E-state index contributed by atoms with van der Waals surface area (Å²) in [6, 6.07) is 8.27. The van der Waals surface area contributed by atoms with Gasteiger partial charge in [0.1, 0.15) is 6.04 Å². The molecule has 4 nitrogen and oxygen atoms in total. The molecule has 0 aliphatic rings. The molecule has 2 aromatic carbocycles. The molecule has 0 radical (unpaired) electrons. The predicted molar refractivity (Wildman–Crippen MR) is 99.1 cm³/mol. The maximum atomic E-state index is 12.6. The molecule has 0 aliphatic heterocycles. The van der Waals surface area contributed by atoms with Gasteiger partial charge >= 0.3 is 6.18 Å². The number of hydrogen-bond acceptors (Lipinski definition) is 2. The van der Waals surface area contributed by atoms with Crippen molar-refractivity contribution in [3.05, 3.63) is 68.7 Å². The van der Waals surface area contributed by atoms with Crippen LogP contribution >= 0.6 is 27.5 Å². The van der Waals surface area contributed by atoms with Crippen molar-refractivity contribution >= 4 is 39.3 Å². The molecule has 144 valence electrons. The van der Waals surface area contributed by atoms with Crippen LogP contribution in [0.25, 0.3) is 0 Å². The summed E-state index contributed by atoms with van der Waals surface area (Å²) in [6.45, 7) is 0. The minimum atomic E-state index is -4.44. The highest BCUT2D eigenvalue weighted by Gasteiger charge is 2.30. The van der Waals surface area contributed by atoms with Crippen molar-refractivity contribution in [3.8, 4) is 0 Å². The Morgan fingerprint density at radius 3 is 2.33 bits per heavy atom. The van der Waals surface area contributed by atoms with Gasteiger partial charge in [-0.25, -0.2) is 0 Å². The maximum absolute atomic E-state index is 12.6. The minimum Gasteiger partial charge on any atom is -0.368 e. The van der Waals surface area contributed by atoms with Crippen LogP contribution in [0.3, 0.4) is 0 Å². The third-order valence-electron chi connectivity index (χ3n) is 3.76. The molecule has 0 bridgehead atoms. The van der Waals surface area contributed by atoms with E-state index in [-0.39, 0.29) is 12.8 Å². The van der Waals surface area contributed by atoms with E-state index in [1.165, 1.54) is 12.1 Å². The quantitative estimate of drug-likeness (QED) is 0.682. The zero-order chi connectivity index (χ0) is 20.2. The second kappa shape index (κ2) is 8.75. The standard InChI is InChI=1S/C18H15BrClF3N2O2/c19-14-6-5-13(20)8-11(14)9-15(17(24)27)25-16(26)7-10-1-3-12(4-2-10)18(21,22)23/h1-6,8,15H,7,9H2,(H2,24,27)(H,25,26)/t15-/m1/s1. The predicted octanol–water partition coefficient (Wildman–Crippen LogP) is 3.88. The highest BCUT2D eigenvalue weighted by molar-refractivity contribution is 9.10. The molecule has 27 heavy (non-hydrogen) atoms. The van der Waals surface area contributed by atoms with Gasteiger partial charge in [-0.3, -0.25) is 9.59 Å². The molecule has 0 saturated heterocycles. The van der Waals surface area contributed by atoms with Crippen LogP contribution in [0, 0.1) is 0 Å². The number of nitrogens with one attached hydrogen (secondary N) is 1. The van der Waals surface area contributed by atoms with Gasteiger partial charge in [0.15, 0.2) is 0 Å². The van der Waals surface area contributed by atoms with Crippen LogP contribution in [-0.4, -0.2) is 17.9 Å². The van der Waals surface area contributed by atoms with Crippen molar-refractivity contribution in [1.29, 1.82) is 0 Å². The fourth-order valence-corrected chi connectivity index (χ4v) is 2.99. The number of halogens is 5. The Morgan fingerprint density at radius 1 is 1.15 bits per heavy atom. The SMILES string of the molecule is NC(=O)[C@@H](Cc1cc(Cl)ccc1Br)NC(=O)Cc1ccc(C(F)(F)F)cc1. The first kappa shape index (κ1) is 21.2. The first-order valence-electron chi connectivity index (χ1n) is 7.75. The first-order chi connectivity index (χ1) is 12.6. The lowest BCUT2D eigenvalue weighted by atomic mass is 10.0. The van der Waals surface area contributed by atoms with E-state index in [0.29, 0.717) is 20.6 Å². The number of carbonyl (C=O) groups is 2. The number of benzene rings is 2. The van der Waals surface area contributed by atoms with Crippen LogP contribution in [0.4, 0.5) is 13.2 Å². The molecule has 0 aliphatic carbocycles. The summed E-state index contributed by atoms with van der Waals surface area (Å²) in [4.78, 5) is 23.8. The third kappa shape index (κ3) is 6.25. The Morgan fingerprint density at radius 2 is 1.78 bits per heavy atom. The molecule has 0 heterocycles. The fraction of sp³-hybridized carbons (Fsp3) is 0.222. The van der Waals surface area contributed by atoms with Crippen LogP contribution < -0.4 is 11.1 Å². The Kier molecular flexibility index (Phi) is 6.89. The summed E-state index contributed by atoms with van der Waals surface area (Å²) in [7, 11) is 0. The van der Waals surface area contributed by atoms with E-state index in [1.54, 1.807) is 18.2 Å². The van der Waals surface area contributed by atoms with Crippen molar-refractivity contribution in [2.75, 3.05) is 0 Å². The first-order valence-corrected chi connectivity index (χ1v) is 8.92. The number of primary amides is 1. The molecule has 1 atom stereocenters. The summed E-state index contributed by atoms with van der Waals surface area (Å²) in [5.41, 5.74) is 5.62. The molecule has 2 rings (SSSR count). The summed E-state index contributed by atoms with van der Waals surface area (Å²) in [6.07, 6.45) is -4.50. The molecule has 0 fully saturated rings. The monoisotopic (exact) mass is 462 g/mol. The molecule has 3 N–H and O–H groups in total. The van der Waals surface area contributed by atoms with Crippen molar-refractivity contribution in [2.45, 2.75) is 25.1 Å². The van der Waals surface area contributed by atoms with Crippen LogP contribution in [0.1, 0.15) is 16.7 Å². The van der Waals surface area contributed by atoms with E-state index < -0.39 is 29.6 Å². The summed E-state index contributed by atoms with van der Waals surface area (Å²) >= 11 is 9.27. The molecule has 0 saturated carbocycles. The van der Waals surface area contributed by atoms with Gasteiger partial charge in [0.2, 0.25) is 11.8 Å². The van der Waals surface area contributed by atoms with E-state index in [9.17, 15) is 22.8 Å². The largest absolute Gasteiger partial charge is 0.416 e. The smallest absolute Gasteiger partial charge is 0.368 e. The van der Waals surface area contributed by atoms with Gasteiger partial charge in [-0.15, -0.1) is 0 Å². The highest BCUT2D eigenvalue weighted by Crippen LogP contribution is 2.29. The lowest BCUT2D eigenvalue weighted by molar-refractivity contribution is -0.137. The average Bonchev–Trinajstić information content (AvgIpc) is 2.57. The van der Waals surface area contributed by atoms with E-state index in [1.807, 2.05) is 0 Å². The Hall–Kier alpha value is -2.06. The van der Waals surface area contributed by atoms with E-state index in [2.05, 4.69) is 21.2 Å². The minimum absolute atomic E-state index is 0.120. The van der Waals surface area contributed by atoms with Gasteiger partial charge in [-0.2, -0.15) is 13.2 Å². The number of rotatable bonds is 6. The highest BCUT2D eigenvalue weighted by atomic mass is 79.9. The molecule has 0 aromatic heterocycles. The van der Waals surface area contributed by atoms with Gasteiger partial charge in [-0.1, -0.05) is 39.7 Å². The number of carbonyl (C=O) groups excluding carboxylic acids is 2. The van der Waals surface area contributed by atoms with E-state index in [0.717, 1.165) is 12.1 Å². The van der Waals surface area contributed by atoms with Crippen LogP contribution in [-0.2, 0) is 28.6 Å². The normalized spacial score (nSPS) is 12.5. The molecule has 0 spiro atoms. The Balaban J connectivity index is 2.04. The van der Waals surface area contributed by atoms with Crippen molar-refractivity contribution in [1.82, 2.24) is 5.32 Å². The second-order valence-electron chi connectivity index (χ2n) is 5.83. The topological polar surface area (TPSA) is 72.2 Å². The maximum Gasteiger partial charge on any atom is 0.416 e. The van der Waals surface area contributed by atoms with Gasteiger partial charge in [0, 0.05) is 15.9 Å². The molecular weight excluding hydrogens is 449 g/mol. The summed E-state index contributed by atoms with van der Waals surface area (Å²) < 4.78 is 38.4. The van der Waals surface area contributed by atoms with Crippen LogP contribution in [0.15, 0.2) is 46.9 Å². The molecule has 9 heteroatoms. The molecule has 0 unspecified atom stereocenters. The molecule has 2 amide bonds. The van der Waals surface area contributed by atoms with Crippen molar-refractivity contribution in [3.63, 3.8) is 0 Å². The second-order valence-corrected chi connectivity index (χ2v) is 7.12. The lowest BCUT2D eigenvalue weighted by Gasteiger charge is -2.17. The number of nitrogens with two attached hydrogens (primary N) is 1. The third-order valence-corrected chi connectivity index (χ3v) is 4.77. The fourth-order valence-electron chi connectivity index (χ4n) is 2.38. The van der Waals surface area contributed by atoms with Crippen molar-refractivity contribution < 1.29 is 22.8 Å². The summed E-state index contributed by atoms with van der Waals surface area (Å²) in [5.74, 6) is -1.26. The molecule has 2 aromatic rings. The molecular formula is C18H15BrClF3N2O2. The zero-order valence-corrected chi connectivity index (χ0v) is 16.2. The number of alkyl halides is 3. The Bertz CT molecular complexity index is 841. The lowest BCUT2D eigenvalue weighted by Crippen LogP contribution is -2.46.